The van der Waals surface area contributed by atoms with Gasteiger partial charge in [0.2, 0.25) is 0 Å². The summed E-state index contributed by atoms with van der Waals surface area (Å²) in [5, 5.41) is 0. The van der Waals surface area contributed by atoms with Gasteiger partial charge in [-0.1, -0.05) is 56.3 Å². The van der Waals surface area contributed by atoms with Crippen molar-refractivity contribution in [1.29, 1.82) is 0 Å². The lowest BCUT2D eigenvalue weighted by Gasteiger charge is -2.36. The minimum absolute atomic E-state index is 0.755. The maximum atomic E-state index is 2.40. The number of hydrogen-bond donors (Lipinski definition) is 0. The van der Waals surface area contributed by atoms with Crippen molar-refractivity contribution in [3.05, 3.63) is 70.3 Å². The third kappa shape index (κ3) is 3.11. The summed E-state index contributed by atoms with van der Waals surface area (Å²) in [7, 11) is 0. The van der Waals surface area contributed by atoms with E-state index < -0.39 is 0 Å². The predicted octanol–water partition coefficient (Wildman–Crippen LogP) is 5.53. The molecule has 116 valence electrons. The first-order valence-corrected chi connectivity index (χ1v) is 8.67. The fraction of sp³-hybridized carbons (Fsp3) is 0.455. The Hall–Kier alpha value is -1.56. The van der Waals surface area contributed by atoms with Gasteiger partial charge in [-0.3, -0.25) is 0 Å². The highest BCUT2D eigenvalue weighted by Crippen LogP contribution is 2.36. The summed E-state index contributed by atoms with van der Waals surface area (Å²) in [6.07, 6.45) is 3.72. The predicted molar refractivity (Wildman–Crippen MR) is 95.3 cm³/mol. The van der Waals surface area contributed by atoms with Gasteiger partial charge in [0, 0.05) is 0 Å². The molecular formula is C22H28. The van der Waals surface area contributed by atoms with E-state index in [0.717, 1.165) is 17.8 Å². The quantitative estimate of drug-likeness (QED) is 0.697. The van der Waals surface area contributed by atoms with Crippen LogP contribution in [0.5, 0.6) is 0 Å². The van der Waals surface area contributed by atoms with E-state index in [0.29, 0.717) is 0 Å². The highest BCUT2D eigenvalue weighted by molar-refractivity contribution is 5.33. The highest BCUT2D eigenvalue weighted by Gasteiger charge is 2.30. The molecule has 0 saturated heterocycles. The molecule has 1 aliphatic carbocycles. The standard InChI is InChI=1S/C22H28/c1-15(2)22-14-20-8-6-5-7-19(20)13-21(22)12-18-10-9-16(3)17(4)11-18/h5-11,15,21-22H,12-14H2,1-4H3. The summed E-state index contributed by atoms with van der Waals surface area (Å²) >= 11 is 0. The van der Waals surface area contributed by atoms with Gasteiger partial charge in [-0.25, -0.2) is 0 Å². The second-order valence-corrected chi connectivity index (χ2v) is 7.47. The van der Waals surface area contributed by atoms with Crippen molar-refractivity contribution in [1.82, 2.24) is 0 Å². The average Bonchev–Trinajstić information content (AvgIpc) is 2.50. The zero-order valence-corrected chi connectivity index (χ0v) is 14.4. The first-order chi connectivity index (χ1) is 10.5. The molecule has 22 heavy (non-hydrogen) atoms. The fourth-order valence-electron chi connectivity index (χ4n) is 4.05. The van der Waals surface area contributed by atoms with Crippen LogP contribution in [-0.4, -0.2) is 0 Å². The van der Waals surface area contributed by atoms with Crippen LogP contribution in [0.3, 0.4) is 0 Å². The number of aryl methyl sites for hydroxylation is 2. The minimum Gasteiger partial charge on any atom is -0.0625 e. The van der Waals surface area contributed by atoms with Crippen LogP contribution in [0, 0.1) is 31.6 Å². The van der Waals surface area contributed by atoms with Crippen LogP contribution in [0.25, 0.3) is 0 Å². The number of benzene rings is 2. The van der Waals surface area contributed by atoms with Crippen LogP contribution in [0.1, 0.15) is 41.7 Å². The maximum Gasteiger partial charge on any atom is -0.0242 e. The molecule has 2 atom stereocenters. The molecule has 1 aliphatic rings. The van der Waals surface area contributed by atoms with Crippen molar-refractivity contribution < 1.29 is 0 Å². The van der Waals surface area contributed by atoms with Gasteiger partial charge in [-0.05, 0) is 78.7 Å². The van der Waals surface area contributed by atoms with Crippen molar-refractivity contribution in [2.45, 2.75) is 47.0 Å². The maximum absolute atomic E-state index is 2.40. The summed E-state index contributed by atoms with van der Waals surface area (Å²) < 4.78 is 0. The second kappa shape index (κ2) is 6.28. The molecule has 2 aromatic rings. The Labute approximate surface area is 135 Å². The van der Waals surface area contributed by atoms with Crippen molar-refractivity contribution in [2.75, 3.05) is 0 Å². The van der Waals surface area contributed by atoms with Crippen molar-refractivity contribution >= 4 is 0 Å². The van der Waals surface area contributed by atoms with Crippen molar-refractivity contribution in [3.8, 4) is 0 Å². The zero-order chi connectivity index (χ0) is 15.7. The number of rotatable bonds is 3. The van der Waals surface area contributed by atoms with E-state index in [1.165, 1.54) is 36.0 Å². The normalized spacial score (nSPS) is 21.0. The lowest BCUT2D eigenvalue weighted by Crippen LogP contribution is -2.30. The Morgan fingerprint density at radius 3 is 2.23 bits per heavy atom. The zero-order valence-electron chi connectivity index (χ0n) is 14.4. The van der Waals surface area contributed by atoms with Crippen LogP contribution in [0.4, 0.5) is 0 Å². The monoisotopic (exact) mass is 292 g/mol. The topological polar surface area (TPSA) is 0 Å². The molecule has 0 spiro atoms. The molecule has 0 nitrogen and oxygen atoms in total. The molecule has 3 rings (SSSR count). The number of fused-ring (bicyclic) bond motifs is 1. The molecule has 0 saturated carbocycles. The molecule has 0 aromatic heterocycles. The van der Waals surface area contributed by atoms with Crippen LogP contribution >= 0.6 is 0 Å². The number of hydrogen-bond acceptors (Lipinski definition) is 0. The SMILES string of the molecule is Cc1ccc(CC2Cc3ccccc3CC2C(C)C)cc1C. The van der Waals surface area contributed by atoms with Gasteiger partial charge in [0.05, 0.1) is 0 Å². The molecule has 0 N–H and O–H groups in total. The summed E-state index contributed by atoms with van der Waals surface area (Å²) in [5.74, 6) is 2.33. The van der Waals surface area contributed by atoms with E-state index in [4.69, 9.17) is 0 Å². The van der Waals surface area contributed by atoms with Gasteiger partial charge in [-0.2, -0.15) is 0 Å². The Morgan fingerprint density at radius 2 is 1.59 bits per heavy atom. The molecular weight excluding hydrogens is 264 g/mol. The highest BCUT2D eigenvalue weighted by atomic mass is 14.3. The Bertz CT molecular complexity index is 651. The van der Waals surface area contributed by atoms with Crippen LogP contribution in [0.15, 0.2) is 42.5 Å². The van der Waals surface area contributed by atoms with Crippen LogP contribution in [0.2, 0.25) is 0 Å². The molecule has 2 aromatic carbocycles. The van der Waals surface area contributed by atoms with Gasteiger partial charge in [0.15, 0.2) is 0 Å². The van der Waals surface area contributed by atoms with E-state index in [1.54, 1.807) is 11.1 Å². The van der Waals surface area contributed by atoms with Gasteiger partial charge < -0.3 is 0 Å². The average molecular weight is 292 g/mol. The smallest absolute Gasteiger partial charge is 0.0242 e. The molecule has 0 bridgehead atoms. The van der Waals surface area contributed by atoms with E-state index in [9.17, 15) is 0 Å². The molecule has 0 radical (unpaired) electrons. The Morgan fingerprint density at radius 1 is 0.909 bits per heavy atom. The third-order valence-corrected chi connectivity index (χ3v) is 5.59. The van der Waals surface area contributed by atoms with Gasteiger partial charge >= 0.3 is 0 Å². The van der Waals surface area contributed by atoms with E-state index in [2.05, 4.69) is 70.2 Å². The first-order valence-electron chi connectivity index (χ1n) is 8.67. The van der Waals surface area contributed by atoms with Crippen LogP contribution in [-0.2, 0) is 19.3 Å². The minimum atomic E-state index is 0.755. The molecule has 0 aliphatic heterocycles. The summed E-state index contributed by atoms with van der Waals surface area (Å²) in [4.78, 5) is 0. The van der Waals surface area contributed by atoms with Gasteiger partial charge in [0.25, 0.3) is 0 Å². The van der Waals surface area contributed by atoms with Crippen LogP contribution < -0.4 is 0 Å². The largest absolute Gasteiger partial charge is 0.0625 e. The lowest BCUT2D eigenvalue weighted by atomic mass is 9.69. The summed E-state index contributed by atoms with van der Waals surface area (Å²) in [6.45, 7) is 9.22. The van der Waals surface area contributed by atoms with E-state index in [1.807, 2.05) is 0 Å². The summed E-state index contributed by atoms with van der Waals surface area (Å²) in [5.41, 5.74) is 7.50. The fourth-order valence-corrected chi connectivity index (χ4v) is 4.05. The first kappa shape index (κ1) is 15.3. The summed E-state index contributed by atoms with van der Waals surface area (Å²) in [6, 6.07) is 16.1. The van der Waals surface area contributed by atoms with Gasteiger partial charge in [0.1, 0.15) is 0 Å². The third-order valence-electron chi connectivity index (χ3n) is 5.59. The second-order valence-electron chi connectivity index (χ2n) is 7.47. The lowest BCUT2D eigenvalue weighted by molar-refractivity contribution is 0.233. The Kier molecular flexibility index (Phi) is 4.38. The Balaban J connectivity index is 1.86. The van der Waals surface area contributed by atoms with E-state index >= 15 is 0 Å². The van der Waals surface area contributed by atoms with Crippen molar-refractivity contribution in [2.24, 2.45) is 17.8 Å². The van der Waals surface area contributed by atoms with E-state index in [-0.39, 0.29) is 0 Å². The molecule has 0 fully saturated rings. The van der Waals surface area contributed by atoms with Crippen molar-refractivity contribution in [3.63, 3.8) is 0 Å². The molecule has 0 heterocycles. The van der Waals surface area contributed by atoms with Gasteiger partial charge in [-0.15, -0.1) is 0 Å². The molecule has 0 heteroatoms. The molecule has 0 amide bonds. The molecule has 2 unspecified atom stereocenters.